The van der Waals surface area contributed by atoms with Crippen LogP contribution in [0.1, 0.15) is 12.1 Å². The molecule has 1 aliphatic heterocycles. The van der Waals surface area contributed by atoms with Crippen molar-refractivity contribution in [3.63, 3.8) is 0 Å². The fourth-order valence-corrected chi connectivity index (χ4v) is 3.91. The molecule has 0 aliphatic carbocycles. The van der Waals surface area contributed by atoms with Crippen molar-refractivity contribution in [1.29, 1.82) is 0 Å². The minimum atomic E-state index is -0.0366. The molecule has 2 aromatic heterocycles. The first kappa shape index (κ1) is 14.6. The highest BCUT2D eigenvalue weighted by Gasteiger charge is 2.11. The normalized spacial score (nSPS) is 13.9. The third-order valence-corrected chi connectivity index (χ3v) is 5.25. The Morgan fingerprint density at radius 2 is 2.09 bits per heavy atom. The summed E-state index contributed by atoms with van der Waals surface area (Å²) in [6.07, 6.45) is 2.64. The lowest BCUT2D eigenvalue weighted by Gasteiger charge is -2.09. The van der Waals surface area contributed by atoms with E-state index in [0.29, 0.717) is 19.0 Å². The summed E-state index contributed by atoms with van der Waals surface area (Å²) in [5.41, 5.74) is 0.750. The molecule has 0 unspecified atom stereocenters. The Kier molecular flexibility index (Phi) is 3.97. The molecule has 0 N–H and O–H groups in total. The highest BCUT2D eigenvalue weighted by Crippen LogP contribution is 2.34. The monoisotopic (exact) mass is 346 g/mol. The second kappa shape index (κ2) is 6.25. The van der Waals surface area contributed by atoms with E-state index in [1.54, 1.807) is 28.4 Å². The summed E-state index contributed by atoms with van der Waals surface area (Å²) in [5.74, 6) is 2.22. The van der Waals surface area contributed by atoms with Crippen LogP contribution in [-0.4, -0.2) is 22.6 Å². The van der Waals surface area contributed by atoms with Crippen LogP contribution in [0.5, 0.6) is 11.5 Å². The summed E-state index contributed by atoms with van der Waals surface area (Å²) in [6, 6.07) is 7.53. The van der Waals surface area contributed by atoms with Crippen molar-refractivity contribution in [3.05, 3.63) is 51.9 Å². The van der Waals surface area contributed by atoms with Crippen LogP contribution in [0.15, 0.2) is 45.5 Å². The summed E-state index contributed by atoms with van der Waals surface area (Å²) < 4.78 is 12.9. The van der Waals surface area contributed by atoms with Gasteiger partial charge in [0.1, 0.15) is 0 Å². The fourth-order valence-electron chi connectivity index (χ4n) is 2.35. The van der Waals surface area contributed by atoms with E-state index in [-0.39, 0.29) is 5.56 Å². The first-order valence-corrected chi connectivity index (χ1v) is 9.14. The van der Waals surface area contributed by atoms with E-state index >= 15 is 0 Å². The molecule has 0 amide bonds. The zero-order valence-electron chi connectivity index (χ0n) is 12.2. The Balaban J connectivity index is 1.54. The van der Waals surface area contributed by atoms with Crippen molar-refractivity contribution in [3.8, 4) is 11.5 Å². The van der Waals surface area contributed by atoms with E-state index < -0.39 is 0 Å². The van der Waals surface area contributed by atoms with Crippen molar-refractivity contribution in [2.45, 2.75) is 17.1 Å². The van der Waals surface area contributed by atoms with Crippen LogP contribution in [0.2, 0.25) is 0 Å². The minimum absolute atomic E-state index is 0.0366. The summed E-state index contributed by atoms with van der Waals surface area (Å²) >= 11 is 3.10. The molecule has 0 radical (unpaired) electrons. The van der Waals surface area contributed by atoms with Gasteiger partial charge in [-0.2, -0.15) is 0 Å². The molecule has 1 aromatic carbocycles. The number of thiazole rings is 1. The van der Waals surface area contributed by atoms with Gasteiger partial charge >= 0.3 is 0 Å². The van der Waals surface area contributed by atoms with E-state index in [0.717, 1.165) is 33.5 Å². The topological polar surface area (TPSA) is 52.8 Å². The molecule has 23 heavy (non-hydrogen) atoms. The number of aromatic nitrogens is 2. The van der Waals surface area contributed by atoms with E-state index in [9.17, 15) is 4.79 Å². The average molecular weight is 346 g/mol. The summed E-state index contributed by atoms with van der Waals surface area (Å²) in [7, 11) is 0. The average Bonchev–Trinajstić information content (AvgIpc) is 2.91. The molecule has 0 bridgehead atoms. The van der Waals surface area contributed by atoms with Crippen LogP contribution in [0, 0.1) is 0 Å². The molecule has 3 heterocycles. The van der Waals surface area contributed by atoms with Crippen molar-refractivity contribution < 1.29 is 9.47 Å². The number of hydrogen-bond donors (Lipinski definition) is 0. The third-order valence-electron chi connectivity index (χ3n) is 3.46. The molecular weight excluding hydrogens is 332 g/mol. The van der Waals surface area contributed by atoms with Crippen LogP contribution >= 0.6 is 23.1 Å². The summed E-state index contributed by atoms with van der Waals surface area (Å²) in [6.45, 7) is 1.36. The molecule has 0 saturated heterocycles. The minimum Gasteiger partial charge on any atom is -0.490 e. The summed E-state index contributed by atoms with van der Waals surface area (Å²) in [4.78, 5) is 18.3. The van der Waals surface area contributed by atoms with Gasteiger partial charge in [0.2, 0.25) is 0 Å². The predicted molar refractivity (Wildman–Crippen MR) is 90.9 cm³/mol. The molecule has 0 saturated carbocycles. The van der Waals surface area contributed by atoms with Gasteiger partial charge in [-0.3, -0.25) is 9.20 Å². The Labute approximate surface area is 140 Å². The standard InChI is InChI=1S/C16H14N2O3S2/c19-15-8-11(17-16-18(15)4-7-22-16)10-23-12-2-3-13-14(9-12)21-6-1-5-20-13/h2-4,7-9H,1,5-6,10H2. The largest absolute Gasteiger partial charge is 0.490 e. The lowest BCUT2D eigenvalue weighted by Crippen LogP contribution is -2.12. The number of thioether (sulfide) groups is 1. The maximum Gasteiger partial charge on any atom is 0.258 e. The quantitative estimate of drug-likeness (QED) is 0.682. The molecule has 0 atom stereocenters. The lowest BCUT2D eigenvalue weighted by molar-refractivity contribution is 0.297. The van der Waals surface area contributed by atoms with Crippen molar-refractivity contribution in [2.24, 2.45) is 0 Å². The zero-order chi connectivity index (χ0) is 15.6. The summed E-state index contributed by atoms with van der Waals surface area (Å²) in [5, 5.41) is 1.87. The van der Waals surface area contributed by atoms with Crippen LogP contribution in [0.3, 0.4) is 0 Å². The molecule has 5 nitrogen and oxygen atoms in total. The van der Waals surface area contributed by atoms with Gasteiger partial charge in [-0.05, 0) is 18.2 Å². The number of rotatable bonds is 3. The van der Waals surface area contributed by atoms with Crippen LogP contribution < -0.4 is 15.0 Å². The van der Waals surface area contributed by atoms with Gasteiger partial charge in [0.05, 0.1) is 18.9 Å². The van der Waals surface area contributed by atoms with E-state index in [2.05, 4.69) is 4.98 Å². The molecule has 0 spiro atoms. The first-order chi connectivity index (χ1) is 11.3. The predicted octanol–water partition coefficient (Wildman–Crippen LogP) is 3.21. The molecule has 4 rings (SSSR count). The van der Waals surface area contributed by atoms with E-state index in [4.69, 9.17) is 9.47 Å². The van der Waals surface area contributed by atoms with Crippen molar-refractivity contribution >= 4 is 28.1 Å². The van der Waals surface area contributed by atoms with E-state index in [1.165, 1.54) is 11.3 Å². The van der Waals surface area contributed by atoms with Gasteiger partial charge < -0.3 is 9.47 Å². The number of hydrogen-bond acceptors (Lipinski definition) is 6. The van der Waals surface area contributed by atoms with Gasteiger partial charge in [0.25, 0.3) is 5.56 Å². The number of benzene rings is 1. The molecule has 7 heteroatoms. The zero-order valence-corrected chi connectivity index (χ0v) is 13.9. The smallest absolute Gasteiger partial charge is 0.258 e. The number of nitrogens with zero attached hydrogens (tertiary/aromatic N) is 2. The Hall–Kier alpha value is -1.99. The van der Waals surface area contributed by atoms with Gasteiger partial charge in [0, 0.05) is 34.7 Å². The van der Waals surface area contributed by atoms with E-state index in [1.807, 2.05) is 23.6 Å². The Morgan fingerprint density at radius 3 is 3.00 bits per heavy atom. The molecule has 3 aromatic rings. The number of ether oxygens (including phenoxy) is 2. The van der Waals surface area contributed by atoms with Crippen LogP contribution in [0.4, 0.5) is 0 Å². The van der Waals surface area contributed by atoms with Gasteiger partial charge in [-0.25, -0.2) is 4.98 Å². The maximum absolute atomic E-state index is 12.0. The van der Waals surface area contributed by atoms with Gasteiger partial charge in [0.15, 0.2) is 16.5 Å². The highest BCUT2D eigenvalue weighted by atomic mass is 32.2. The first-order valence-electron chi connectivity index (χ1n) is 7.28. The Morgan fingerprint density at radius 1 is 1.22 bits per heavy atom. The van der Waals surface area contributed by atoms with Gasteiger partial charge in [-0.1, -0.05) is 0 Å². The van der Waals surface area contributed by atoms with Crippen molar-refractivity contribution in [1.82, 2.24) is 9.38 Å². The maximum atomic E-state index is 12.0. The Bertz CT molecular complexity index is 904. The fraction of sp³-hybridized carbons (Fsp3) is 0.250. The van der Waals surface area contributed by atoms with Crippen LogP contribution in [-0.2, 0) is 5.75 Å². The molecule has 0 fully saturated rings. The third kappa shape index (κ3) is 3.07. The van der Waals surface area contributed by atoms with Gasteiger partial charge in [-0.15, -0.1) is 23.1 Å². The molecule has 118 valence electrons. The van der Waals surface area contributed by atoms with Crippen molar-refractivity contribution in [2.75, 3.05) is 13.2 Å². The SMILES string of the molecule is O=c1cc(CSc2ccc3c(c2)OCCCO3)nc2sccn12. The van der Waals surface area contributed by atoms with Crippen LogP contribution in [0.25, 0.3) is 4.96 Å². The second-order valence-corrected chi connectivity index (χ2v) is 7.01. The molecule has 1 aliphatic rings. The molecular formula is C16H14N2O3S2. The lowest BCUT2D eigenvalue weighted by atomic mass is 10.3. The highest BCUT2D eigenvalue weighted by molar-refractivity contribution is 7.98. The number of fused-ring (bicyclic) bond motifs is 2. The second-order valence-electron chi connectivity index (χ2n) is 5.09.